The van der Waals surface area contributed by atoms with Gasteiger partial charge < -0.3 is 16.4 Å². The van der Waals surface area contributed by atoms with Crippen LogP contribution in [0.4, 0.5) is 5.69 Å². The summed E-state index contributed by atoms with van der Waals surface area (Å²) >= 11 is 3.31. The van der Waals surface area contributed by atoms with Crippen molar-refractivity contribution < 1.29 is 14.4 Å². The van der Waals surface area contributed by atoms with Gasteiger partial charge in [-0.3, -0.25) is 19.4 Å². The fraction of sp³-hybridized carbons (Fsp3) is 0.125. The molecule has 0 saturated heterocycles. The second-order valence-corrected chi connectivity index (χ2v) is 5.68. The first-order valence-corrected chi connectivity index (χ1v) is 7.82. The number of nitrogens with two attached hydrogens (primary N) is 1. The van der Waals surface area contributed by atoms with Gasteiger partial charge in [-0.05, 0) is 30.3 Å². The molecule has 0 bridgehead atoms. The molecular formula is C16H16BrClN4O3. The Hall–Kier alpha value is -2.29. The summed E-state index contributed by atoms with van der Waals surface area (Å²) in [7, 11) is 0. The molecule has 1 aromatic heterocycles. The van der Waals surface area contributed by atoms with E-state index in [0.717, 1.165) is 0 Å². The highest BCUT2D eigenvalue weighted by atomic mass is 79.9. The average Bonchev–Trinajstić information content (AvgIpc) is 2.61. The van der Waals surface area contributed by atoms with Gasteiger partial charge in [0.25, 0.3) is 0 Å². The molecule has 0 aliphatic heterocycles. The van der Waals surface area contributed by atoms with E-state index in [1.165, 1.54) is 6.20 Å². The third kappa shape index (κ3) is 5.93. The Labute approximate surface area is 158 Å². The van der Waals surface area contributed by atoms with Crippen LogP contribution in [0.3, 0.4) is 0 Å². The molecule has 0 atom stereocenters. The summed E-state index contributed by atoms with van der Waals surface area (Å²) < 4.78 is 0.691. The number of carbonyl (C=O) groups excluding carboxylic acids is 3. The van der Waals surface area contributed by atoms with Crippen molar-refractivity contribution >= 4 is 51.6 Å². The van der Waals surface area contributed by atoms with Crippen LogP contribution in [-0.2, 0) is 9.59 Å². The molecule has 1 aromatic carbocycles. The molecular weight excluding hydrogens is 412 g/mol. The highest BCUT2D eigenvalue weighted by molar-refractivity contribution is 9.10. The molecule has 1 heterocycles. The van der Waals surface area contributed by atoms with Crippen molar-refractivity contribution in [1.29, 1.82) is 0 Å². The van der Waals surface area contributed by atoms with Crippen molar-refractivity contribution in [2.45, 2.75) is 0 Å². The lowest BCUT2D eigenvalue weighted by Crippen LogP contribution is -2.36. The normalized spacial score (nSPS) is 9.68. The molecule has 0 fully saturated rings. The fourth-order valence-corrected chi connectivity index (χ4v) is 2.25. The fourth-order valence-electron chi connectivity index (χ4n) is 1.89. The Bertz CT molecular complexity index is 771. The smallest absolute Gasteiger partial charge is 0.243 e. The molecule has 0 unspecified atom stereocenters. The van der Waals surface area contributed by atoms with Crippen LogP contribution in [0, 0.1) is 0 Å². The van der Waals surface area contributed by atoms with E-state index in [-0.39, 0.29) is 37.0 Å². The number of nitrogens with zero attached hydrogens (tertiary/aromatic N) is 1. The van der Waals surface area contributed by atoms with E-state index in [4.69, 9.17) is 5.73 Å². The van der Waals surface area contributed by atoms with Gasteiger partial charge in [0.2, 0.25) is 17.6 Å². The first-order chi connectivity index (χ1) is 11.5. The van der Waals surface area contributed by atoms with E-state index in [2.05, 4.69) is 31.5 Å². The predicted octanol–water partition coefficient (Wildman–Crippen LogP) is 1.51. The molecule has 7 nitrogen and oxygen atoms in total. The number of ketones is 1. The van der Waals surface area contributed by atoms with Crippen molar-refractivity contribution in [3.63, 3.8) is 0 Å². The van der Waals surface area contributed by atoms with Crippen LogP contribution >= 0.6 is 28.3 Å². The topological polar surface area (TPSA) is 114 Å². The molecule has 2 amide bonds. The number of rotatable bonds is 6. The zero-order valence-electron chi connectivity index (χ0n) is 13.0. The molecule has 132 valence electrons. The molecule has 0 saturated carbocycles. The summed E-state index contributed by atoms with van der Waals surface area (Å²) in [5.41, 5.74) is 6.05. The molecule has 2 aromatic rings. The lowest BCUT2D eigenvalue weighted by atomic mass is 10.1. The van der Waals surface area contributed by atoms with E-state index in [1.807, 2.05) is 0 Å². The number of hydrogen-bond donors (Lipinski definition) is 3. The third-order valence-electron chi connectivity index (χ3n) is 3.03. The second kappa shape index (κ2) is 9.87. The minimum absolute atomic E-state index is 0. The van der Waals surface area contributed by atoms with Crippen LogP contribution in [-0.4, -0.2) is 35.7 Å². The van der Waals surface area contributed by atoms with E-state index < -0.39 is 11.8 Å². The predicted molar refractivity (Wildman–Crippen MR) is 99.8 cm³/mol. The summed E-state index contributed by atoms with van der Waals surface area (Å²) in [4.78, 5) is 39.6. The summed E-state index contributed by atoms with van der Waals surface area (Å²) in [6.45, 7) is -0.432. The maximum Gasteiger partial charge on any atom is 0.243 e. The molecule has 0 aliphatic carbocycles. The van der Waals surface area contributed by atoms with Gasteiger partial charge in [0.05, 0.1) is 18.8 Å². The monoisotopic (exact) mass is 426 g/mol. The first-order valence-electron chi connectivity index (χ1n) is 7.03. The van der Waals surface area contributed by atoms with Crippen molar-refractivity contribution in [3.05, 3.63) is 58.3 Å². The van der Waals surface area contributed by atoms with Gasteiger partial charge in [0.15, 0.2) is 0 Å². The maximum atomic E-state index is 12.6. The minimum atomic E-state index is -0.464. The van der Waals surface area contributed by atoms with Crippen LogP contribution in [0.1, 0.15) is 16.1 Å². The number of pyridine rings is 1. The van der Waals surface area contributed by atoms with Crippen molar-refractivity contribution in [2.24, 2.45) is 5.73 Å². The number of anilines is 1. The van der Waals surface area contributed by atoms with E-state index in [1.54, 1.807) is 36.4 Å². The molecule has 9 heteroatoms. The number of benzene rings is 1. The minimum Gasteiger partial charge on any atom is -0.346 e. The van der Waals surface area contributed by atoms with Crippen molar-refractivity contribution in [2.75, 3.05) is 18.4 Å². The Morgan fingerprint density at radius 2 is 1.88 bits per heavy atom. The van der Waals surface area contributed by atoms with Crippen LogP contribution in [0.2, 0.25) is 0 Å². The number of hydrogen-bond acceptors (Lipinski definition) is 5. The summed E-state index contributed by atoms with van der Waals surface area (Å²) in [6, 6.07) is 9.91. The molecule has 2 rings (SSSR count). The highest BCUT2D eigenvalue weighted by Gasteiger charge is 2.17. The van der Waals surface area contributed by atoms with Gasteiger partial charge in [-0.25, -0.2) is 0 Å². The Balaban J connectivity index is 0.00000312. The van der Waals surface area contributed by atoms with Crippen molar-refractivity contribution in [1.82, 2.24) is 10.3 Å². The quantitative estimate of drug-likeness (QED) is 0.605. The van der Waals surface area contributed by atoms with Gasteiger partial charge in [-0.1, -0.05) is 22.0 Å². The SMILES string of the molecule is Cl.NCC(=O)NCC(=O)Nc1ccc(Br)cc1C(=O)c1ccccn1. The zero-order chi connectivity index (χ0) is 17.5. The average molecular weight is 428 g/mol. The summed E-state index contributed by atoms with van der Waals surface area (Å²) in [5.74, 6) is -1.22. The standard InChI is InChI=1S/C16H15BrN4O3.ClH/c17-10-4-5-12(21-15(23)9-20-14(22)8-18)11(7-10)16(24)13-3-1-2-6-19-13;/h1-7H,8-9,18H2,(H,20,22)(H,21,23);1H. The van der Waals surface area contributed by atoms with Crippen LogP contribution < -0.4 is 16.4 Å². The van der Waals surface area contributed by atoms with Crippen LogP contribution in [0.5, 0.6) is 0 Å². The molecule has 0 spiro atoms. The zero-order valence-corrected chi connectivity index (χ0v) is 15.4. The van der Waals surface area contributed by atoms with Crippen LogP contribution in [0.25, 0.3) is 0 Å². The Morgan fingerprint density at radius 3 is 2.52 bits per heavy atom. The van der Waals surface area contributed by atoms with Crippen LogP contribution in [0.15, 0.2) is 47.1 Å². The summed E-state index contributed by atoms with van der Waals surface area (Å²) in [5, 5.41) is 4.97. The Morgan fingerprint density at radius 1 is 1.12 bits per heavy atom. The van der Waals surface area contributed by atoms with E-state index >= 15 is 0 Å². The number of halogens is 2. The summed E-state index contributed by atoms with van der Waals surface area (Å²) in [6.07, 6.45) is 1.52. The van der Waals surface area contributed by atoms with Gasteiger partial charge in [0, 0.05) is 16.2 Å². The van der Waals surface area contributed by atoms with Gasteiger partial charge in [-0.15, -0.1) is 12.4 Å². The number of amides is 2. The molecule has 0 radical (unpaired) electrons. The second-order valence-electron chi connectivity index (χ2n) is 4.76. The lowest BCUT2D eigenvalue weighted by molar-refractivity contribution is -0.123. The lowest BCUT2D eigenvalue weighted by Gasteiger charge is -2.11. The Kier molecular flexibility index (Phi) is 8.20. The van der Waals surface area contributed by atoms with Gasteiger partial charge in [0.1, 0.15) is 5.69 Å². The van der Waals surface area contributed by atoms with E-state index in [9.17, 15) is 14.4 Å². The number of nitrogens with one attached hydrogen (secondary N) is 2. The number of aromatic nitrogens is 1. The molecule has 0 aliphatic rings. The first kappa shape index (κ1) is 20.8. The number of carbonyl (C=O) groups is 3. The maximum absolute atomic E-state index is 12.6. The van der Waals surface area contributed by atoms with E-state index in [0.29, 0.717) is 15.7 Å². The van der Waals surface area contributed by atoms with Crippen molar-refractivity contribution in [3.8, 4) is 0 Å². The molecule has 4 N–H and O–H groups in total. The largest absolute Gasteiger partial charge is 0.346 e. The van der Waals surface area contributed by atoms with Gasteiger partial charge >= 0.3 is 0 Å². The van der Waals surface area contributed by atoms with Gasteiger partial charge in [-0.2, -0.15) is 0 Å². The highest BCUT2D eigenvalue weighted by Crippen LogP contribution is 2.23. The third-order valence-corrected chi connectivity index (χ3v) is 3.52. The molecule has 25 heavy (non-hydrogen) atoms.